The number of thiophene rings is 1. The third kappa shape index (κ3) is 3.07. The summed E-state index contributed by atoms with van der Waals surface area (Å²) in [6, 6.07) is 11.7. The molecule has 2 aromatic rings. The summed E-state index contributed by atoms with van der Waals surface area (Å²) in [5.74, 6) is -0.0416. The van der Waals surface area contributed by atoms with Gasteiger partial charge in [0.1, 0.15) is 0 Å². The number of aliphatic imine (C=N–C) groups is 1. The lowest BCUT2D eigenvalue weighted by Gasteiger charge is -2.06. The van der Waals surface area contributed by atoms with Crippen LogP contribution in [0.4, 0.5) is 5.00 Å². The molecule has 0 saturated heterocycles. The molecule has 4 nitrogen and oxygen atoms in total. The molecule has 0 bridgehead atoms. The molecule has 0 amide bonds. The molecule has 2 heterocycles. The zero-order valence-corrected chi connectivity index (χ0v) is 15.0. The number of carbonyl (C=O) groups is 1. The van der Waals surface area contributed by atoms with Crippen LogP contribution in [-0.2, 0) is 9.53 Å². The second-order valence-corrected chi connectivity index (χ2v) is 7.14. The van der Waals surface area contributed by atoms with Crippen LogP contribution in [0.3, 0.4) is 0 Å². The van der Waals surface area contributed by atoms with E-state index in [0.717, 1.165) is 19.0 Å². The third-order valence-electron chi connectivity index (χ3n) is 3.06. The first-order chi connectivity index (χ1) is 10.5. The normalized spacial score (nSPS) is 15.9. The quantitative estimate of drug-likeness (QED) is 0.428. The second kappa shape index (κ2) is 6.21. The van der Waals surface area contributed by atoms with Gasteiger partial charge in [0.25, 0.3) is 0 Å². The number of benzene rings is 1. The van der Waals surface area contributed by atoms with E-state index < -0.39 is 5.97 Å². The van der Waals surface area contributed by atoms with E-state index in [2.05, 4.69) is 27.6 Å². The fourth-order valence-electron chi connectivity index (χ4n) is 1.95. The number of carbonyl (C=O) groups excluding carboxylic acids is 1. The molecule has 1 aliphatic heterocycles. The second-order valence-electron chi connectivity index (χ2n) is 4.89. The van der Waals surface area contributed by atoms with Crippen LogP contribution >= 0.6 is 33.9 Å². The van der Waals surface area contributed by atoms with Crippen molar-refractivity contribution in [1.29, 1.82) is 0 Å². The maximum atomic E-state index is 12.0. The maximum absolute atomic E-state index is 12.0. The zero-order valence-electron chi connectivity index (χ0n) is 12.0. The van der Waals surface area contributed by atoms with Gasteiger partial charge in [0, 0.05) is 22.5 Å². The molecule has 0 spiro atoms. The van der Waals surface area contributed by atoms with Crippen molar-refractivity contribution in [1.82, 2.24) is 0 Å². The highest BCUT2D eigenvalue weighted by Gasteiger charge is 2.25. The van der Waals surface area contributed by atoms with E-state index in [0.29, 0.717) is 11.6 Å². The minimum Gasteiger partial charge on any atom is -0.402 e. The summed E-state index contributed by atoms with van der Waals surface area (Å²) in [6.07, 6.45) is 1.77. The van der Waals surface area contributed by atoms with Crippen LogP contribution < -0.4 is 4.90 Å². The Morgan fingerprint density at radius 3 is 2.68 bits per heavy atom. The number of hydrogen-bond acceptors (Lipinski definition) is 5. The van der Waals surface area contributed by atoms with Crippen molar-refractivity contribution in [3.8, 4) is 0 Å². The van der Waals surface area contributed by atoms with Crippen LogP contribution in [0.1, 0.15) is 10.4 Å². The van der Waals surface area contributed by atoms with Crippen LogP contribution in [0.5, 0.6) is 0 Å². The van der Waals surface area contributed by atoms with Crippen molar-refractivity contribution >= 4 is 56.9 Å². The summed E-state index contributed by atoms with van der Waals surface area (Å²) in [7, 11) is 3.97. The first-order valence-electron chi connectivity index (χ1n) is 6.59. The van der Waals surface area contributed by atoms with Gasteiger partial charge in [-0.15, -0.1) is 11.3 Å². The number of hydrogen-bond donors (Lipinski definition) is 0. The predicted octanol–water partition coefficient (Wildman–Crippen LogP) is 3.76. The number of halogens is 1. The van der Waals surface area contributed by atoms with Gasteiger partial charge < -0.3 is 9.64 Å². The monoisotopic (exact) mass is 424 g/mol. The lowest BCUT2D eigenvalue weighted by Crippen LogP contribution is -2.06. The highest BCUT2D eigenvalue weighted by molar-refractivity contribution is 14.1. The molecular weight excluding hydrogens is 411 g/mol. The number of esters is 1. The van der Waals surface area contributed by atoms with Crippen molar-refractivity contribution in [3.05, 3.63) is 56.1 Å². The molecule has 6 heteroatoms. The van der Waals surface area contributed by atoms with E-state index in [1.807, 2.05) is 55.4 Å². The molecular formula is C16H13IN2O2S. The summed E-state index contributed by atoms with van der Waals surface area (Å²) >= 11 is 3.80. The van der Waals surface area contributed by atoms with Crippen molar-refractivity contribution in [2.45, 2.75) is 0 Å². The van der Waals surface area contributed by atoms with Crippen LogP contribution in [0.25, 0.3) is 6.08 Å². The molecule has 112 valence electrons. The highest BCUT2D eigenvalue weighted by atomic mass is 127. The van der Waals surface area contributed by atoms with Gasteiger partial charge in [0.15, 0.2) is 5.70 Å². The van der Waals surface area contributed by atoms with Crippen LogP contribution in [0.2, 0.25) is 0 Å². The van der Waals surface area contributed by atoms with E-state index in [1.54, 1.807) is 17.4 Å². The molecule has 0 N–H and O–H groups in total. The van der Waals surface area contributed by atoms with Gasteiger partial charge in [-0.3, -0.25) is 0 Å². The summed E-state index contributed by atoms with van der Waals surface area (Å²) in [5, 5.41) is 1.13. The standard InChI is InChI=1S/C16H13IN2O2S/c1-19(2)14-8-7-10(22-14)9-13-16(20)21-15(18-13)11-5-3-4-6-12(11)17/h3-9H,1-2H3/b13-9-. The minimum atomic E-state index is -0.408. The van der Waals surface area contributed by atoms with E-state index in [-0.39, 0.29) is 0 Å². The number of anilines is 1. The smallest absolute Gasteiger partial charge is 0.363 e. The fraction of sp³-hybridized carbons (Fsp3) is 0.125. The number of nitrogens with zero attached hydrogens (tertiary/aromatic N) is 2. The molecule has 3 rings (SSSR count). The highest BCUT2D eigenvalue weighted by Crippen LogP contribution is 2.28. The summed E-state index contributed by atoms with van der Waals surface area (Å²) in [5.41, 5.74) is 1.17. The Balaban J connectivity index is 1.92. The third-order valence-corrected chi connectivity index (χ3v) is 5.20. The Labute approximate surface area is 146 Å². The van der Waals surface area contributed by atoms with Crippen LogP contribution in [0, 0.1) is 3.57 Å². The van der Waals surface area contributed by atoms with E-state index in [1.165, 1.54) is 0 Å². The molecule has 1 aromatic heterocycles. The van der Waals surface area contributed by atoms with E-state index >= 15 is 0 Å². The van der Waals surface area contributed by atoms with Gasteiger partial charge in [0.05, 0.1) is 10.6 Å². The van der Waals surface area contributed by atoms with Gasteiger partial charge in [-0.1, -0.05) is 12.1 Å². The lowest BCUT2D eigenvalue weighted by atomic mass is 10.2. The zero-order chi connectivity index (χ0) is 15.7. The summed E-state index contributed by atoms with van der Waals surface area (Å²) < 4.78 is 6.30. The number of cyclic esters (lactones) is 1. The Kier molecular flexibility index (Phi) is 4.30. The van der Waals surface area contributed by atoms with Crippen molar-refractivity contribution in [2.24, 2.45) is 4.99 Å². The Bertz CT molecular complexity index is 793. The number of ether oxygens (including phenoxy) is 1. The first-order valence-corrected chi connectivity index (χ1v) is 8.49. The predicted molar refractivity (Wildman–Crippen MR) is 98.4 cm³/mol. The Morgan fingerprint density at radius 1 is 1.23 bits per heavy atom. The molecule has 0 atom stereocenters. The van der Waals surface area contributed by atoms with E-state index in [9.17, 15) is 4.79 Å². The Morgan fingerprint density at radius 2 is 2.00 bits per heavy atom. The minimum absolute atomic E-state index is 0.335. The van der Waals surface area contributed by atoms with Crippen molar-refractivity contribution in [3.63, 3.8) is 0 Å². The van der Waals surface area contributed by atoms with Crippen LogP contribution in [0.15, 0.2) is 47.1 Å². The molecule has 0 radical (unpaired) electrons. The van der Waals surface area contributed by atoms with Crippen molar-refractivity contribution < 1.29 is 9.53 Å². The first kappa shape index (κ1) is 15.2. The van der Waals surface area contributed by atoms with Gasteiger partial charge in [-0.05, 0) is 52.9 Å². The van der Waals surface area contributed by atoms with Gasteiger partial charge in [0.2, 0.25) is 5.90 Å². The average Bonchev–Trinajstić information content (AvgIpc) is 3.08. The molecule has 0 saturated carbocycles. The van der Waals surface area contributed by atoms with Gasteiger partial charge in [-0.2, -0.15) is 0 Å². The molecule has 22 heavy (non-hydrogen) atoms. The lowest BCUT2D eigenvalue weighted by molar-refractivity contribution is -0.129. The SMILES string of the molecule is CN(C)c1ccc(/C=C2\N=C(c3ccccc3I)OC2=O)s1. The van der Waals surface area contributed by atoms with Gasteiger partial charge in [-0.25, -0.2) is 9.79 Å². The summed E-state index contributed by atoms with van der Waals surface area (Å²) in [6.45, 7) is 0. The van der Waals surface area contributed by atoms with E-state index in [4.69, 9.17) is 4.74 Å². The van der Waals surface area contributed by atoms with Crippen LogP contribution in [-0.4, -0.2) is 26.0 Å². The molecule has 1 aromatic carbocycles. The summed E-state index contributed by atoms with van der Waals surface area (Å²) in [4.78, 5) is 19.3. The molecule has 1 aliphatic rings. The fourth-order valence-corrected chi connectivity index (χ4v) is 3.44. The van der Waals surface area contributed by atoms with Crippen molar-refractivity contribution in [2.75, 3.05) is 19.0 Å². The molecule has 0 unspecified atom stereocenters. The molecule has 0 fully saturated rings. The largest absolute Gasteiger partial charge is 0.402 e. The molecule has 0 aliphatic carbocycles. The van der Waals surface area contributed by atoms with Gasteiger partial charge >= 0.3 is 5.97 Å². The number of rotatable bonds is 3. The Hall–Kier alpha value is -1.67. The average molecular weight is 424 g/mol. The maximum Gasteiger partial charge on any atom is 0.363 e. The topological polar surface area (TPSA) is 41.9 Å².